The summed E-state index contributed by atoms with van der Waals surface area (Å²) in [5, 5.41) is 0.946. The van der Waals surface area contributed by atoms with Crippen LogP contribution in [0, 0.1) is 0 Å². The summed E-state index contributed by atoms with van der Waals surface area (Å²) in [5.74, 6) is 0.211. The SMILES string of the molecule is CCS(=O)(=O)Cc1cc2cc(N)ccc2[nH]1. The molecule has 1 heterocycles. The van der Waals surface area contributed by atoms with E-state index in [2.05, 4.69) is 4.98 Å². The number of rotatable bonds is 3. The fourth-order valence-corrected chi connectivity index (χ4v) is 2.46. The van der Waals surface area contributed by atoms with Crippen LogP contribution in [0.1, 0.15) is 12.6 Å². The molecule has 1 aromatic heterocycles. The van der Waals surface area contributed by atoms with E-state index < -0.39 is 9.84 Å². The van der Waals surface area contributed by atoms with Crippen LogP contribution in [0.3, 0.4) is 0 Å². The zero-order valence-electron chi connectivity index (χ0n) is 9.03. The molecule has 0 fully saturated rings. The van der Waals surface area contributed by atoms with Crippen molar-refractivity contribution in [3.63, 3.8) is 0 Å². The number of sulfone groups is 1. The molecule has 0 amide bonds. The van der Waals surface area contributed by atoms with Crippen molar-refractivity contribution >= 4 is 26.4 Å². The topological polar surface area (TPSA) is 75.9 Å². The van der Waals surface area contributed by atoms with E-state index in [0.717, 1.165) is 10.9 Å². The molecule has 0 radical (unpaired) electrons. The molecular formula is C11H14N2O2S. The van der Waals surface area contributed by atoms with Crippen LogP contribution >= 0.6 is 0 Å². The van der Waals surface area contributed by atoms with Gasteiger partial charge < -0.3 is 10.7 Å². The van der Waals surface area contributed by atoms with E-state index in [1.54, 1.807) is 13.0 Å². The van der Waals surface area contributed by atoms with E-state index in [1.807, 2.05) is 18.2 Å². The number of anilines is 1. The molecule has 0 unspecified atom stereocenters. The Labute approximate surface area is 94.4 Å². The van der Waals surface area contributed by atoms with Gasteiger partial charge >= 0.3 is 0 Å². The van der Waals surface area contributed by atoms with Gasteiger partial charge in [0.05, 0.1) is 5.75 Å². The average Bonchev–Trinajstić information content (AvgIpc) is 2.58. The van der Waals surface area contributed by atoms with Crippen molar-refractivity contribution in [2.45, 2.75) is 12.7 Å². The smallest absolute Gasteiger partial charge is 0.155 e. The van der Waals surface area contributed by atoms with Crippen molar-refractivity contribution in [2.24, 2.45) is 0 Å². The van der Waals surface area contributed by atoms with E-state index in [1.165, 1.54) is 0 Å². The van der Waals surface area contributed by atoms with Gasteiger partial charge in [0, 0.05) is 28.0 Å². The highest BCUT2D eigenvalue weighted by molar-refractivity contribution is 7.90. The molecule has 0 saturated carbocycles. The molecule has 0 saturated heterocycles. The fraction of sp³-hybridized carbons (Fsp3) is 0.273. The molecule has 4 nitrogen and oxygen atoms in total. The maximum absolute atomic E-state index is 11.5. The Kier molecular flexibility index (Phi) is 2.63. The summed E-state index contributed by atoms with van der Waals surface area (Å²) in [7, 11) is -2.99. The fourth-order valence-electron chi connectivity index (χ4n) is 1.63. The Morgan fingerprint density at radius 2 is 2.06 bits per heavy atom. The molecule has 0 aliphatic rings. The third-order valence-electron chi connectivity index (χ3n) is 2.52. The molecule has 0 atom stereocenters. The summed E-state index contributed by atoms with van der Waals surface area (Å²) < 4.78 is 22.9. The van der Waals surface area contributed by atoms with Crippen LogP contribution in [-0.2, 0) is 15.6 Å². The Morgan fingerprint density at radius 3 is 2.75 bits per heavy atom. The first-order valence-electron chi connectivity index (χ1n) is 5.08. The maximum atomic E-state index is 11.5. The van der Waals surface area contributed by atoms with Crippen LogP contribution < -0.4 is 5.73 Å². The highest BCUT2D eigenvalue weighted by Crippen LogP contribution is 2.19. The zero-order valence-corrected chi connectivity index (χ0v) is 9.84. The summed E-state index contributed by atoms with van der Waals surface area (Å²) in [6.45, 7) is 1.65. The average molecular weight is 238 g/mol. The molecule has 0 aliphatic carbocycles. The van der Waals surface area contributed by atoms with E-state index in [0.29, 0.717) is 11.4 Å². The Hall–Kier alpha value is -1.49. The maximum Gasteiger partial charge on any atom is 0.155 e. The summed E-state index contributed by atoms with van der Waals surface area (Å²) >= 11 is 0. The predicted molar refractivity (Wildman–Crippen MR) is 65.9 cm³/mol. The Balaban J connectivity index is 2.40. The highest BCUT2D eigenvalue weighted by atomic mass is 32.2. The van der Waals surface area contributed by atoms with Crippen LogP contribution in [-0.4, -0.2) is 19.2 Å². The van der Waals surface area contributed by atoms with Gasteiger partial charge in [0.1, 0.15) is 0 Å². The molecule has 1 aromatic carbocycles. The van der Waals surface area contributed by atoms with Crippen molar-refractivity contribution in [3.8, 4) is 0 Å². The van der Waals surface area contributed by atoms with Gasteiger partial charge in [-0.2, -0.15) is 0 Å². The highest BCUT2D eigenvalue weighted by Gasteiger charge is 2.10. The summed E-state index contributed by atoms with van der Waals surface area (Å²) in [6.07, 6.45) is 0. The minimum Gasteiger partial charge on any atom is -0.399 e. The van der Waals surface area contributed by atoms with Gasteiger partial charge in [-0.05, 0) is 24.3 Å². The van der Waals surface area contributed by atoms with Gasteiger partial charge in [0.25, 0.3) is 0 Å². The number of fused-ring (bicyclic) bond motifs is 1. The van der Waals surface area contributed by atoms with Crippen LogP contribution in [0.15, 0.2) is 24.3 Å². The minimum absolute atomic E-state index is 0.0537. The van der Waals surface area contributed by atoms with Gasteiger partial charge in [0.2, 0.25) is 0 Å². The molecule has 3 N–H and O–H groups in total. The first kappa shape index (κ1) is 11.0. The summed E-state index contributed by atoms with van der Waals surface area (Å²) in [5.41, 5.74) is 7.95. The molecule has 86 valence electrons. The van der Waals surface area contributed by atoms with Crippen molar-refractivity contribution in [1.29, 1.82) is 0 Å². The molecule has 16 heavy (non-hydrogen) atoms. The normalized spacial score (nSPS) is 12.1. The number of benzene rings is 1. The summed E-state index contributed by atoms with van der Waals surface area (Å²) in [4.78, 5) is 3.08. The van der Waals surface area contributed by atoms with Crippen LogP contribution in [0.25, 0.3) is 10.9 Å². The van der Waals surface area contributed by atoms with Gasteiger partial charge in [-0.15, -0.1) is 0 Å². The van der Waals surface area contributed by atoms with Crippen molar-refractivity contribution < 1.29 is 8.42 Å². The van der Waals surface area contributed by atoms with Crippen LogP contribution in [0.5, 0.6) is 0 Å². The number of aromatic amines is 1. The number of nitrogens with two attached hydrogens (primary N) is 1. The second-order valence-corrected chi connectivity index (χ2v) is 6.17. The molecule has 2 aromatic rings. The second-order valence-electron chi connectivity index (χ2n) is 3.82. The zero-order chi connectivity index (χ0) is 11.8. The third kappa shape index (κ3) is 2.19. The van der Waals surface area contributed by atoms with Crippen LogP contribution in [0.2, 0.25) is 0 Å². The quantitative estimate of drug-likeness (QED) is 0.799. The van der Waals surface area contributed by atoms with Gasteiger partial charge in [-0.25, -0.2) is 8.42 Å². The van der Waals surface area contributed by atoms with Crippen molar-refractivity contribution in [3.05, 3.63) is 30.0 Å². The van der Waals surface area contributed by atoms with E-state index in [4.69, 9.17) is 5.73 Å². The number of H-pyrrole nitrogens is 1. The number of hydrogen-bond donors (Lipinski definition) is 2. The van der Waals surface area contributed by atoms with Crippen molar-refractivity contribution in [2.75, 3.05) is 11.5 Å². The molecule has 2 rings (SSSR count). The third-order valence-corrected chi connectivity index (χ3v) is 4.15. The number of aromatic nitrogens is 1. The van der Waals surface area contributed by atoms with E-state index in [-0.39, 0.29) is 11.5 Å². The predicted octanol–water partition coefficient (Wildman–Crippen LogP) is 1.68. The van der Waals surface area contributed by atoms with Gasteiger partial charge in [0.15, 0.2) is 9.84 Å². The van der Waals surface area contributed by atoms with Gasteiger partial charge in [-0.1, -0.05) is 6.92 Å². The largest absolute Gasteiger partial charge is 0.399 e. The van der Waals surface area contributed by atoms with Gasteiger partial charge in [-0.3, -0.25) is 0 Å². The monoisotopic (exact) mass is 238 g/mol. The lowest BCUT2D eigenvalue weighted by molar-refractivity contribution is 0.596. The second kappa shape index (κ2) is 3.83. The first-order chi connectivity index (χ1) is 7.50. The lowest BCUT2D eigenvalue weighted by Crippen LogP contribution is -2.06. The lowest BCUT2D eigenvalue weighted by Gasteiger charge is -1.97. The minimum atomic E-state index is -2.99. The Bertz CT molecular complexity index is 614. The lowest BCUT2D eigenvalue weighted by atomic mass is 10.2. The summed E-state index contributed by atoms with van der Waals surface area (Å²) in [6, 6.07) is 7.30. The number of hydrogen-bond acceptors (Lipinski definition) is 3. The molecule has 0 spiro atoms. The molecule has 5 heteroatoms. The number of nitrogens with one attached hydrogen (secondary N) is 1. The van der Waals surface area contributed by atoms with E-state index in [9.17, 15) is 8.42 Å². The molecule has 0 bridgehead atoms. The number of nitrogen functional groups attached to an aromatic ring is 1. The van der Waals surface area contributed by atoms with Crippen molar-refractivity contribution in [1.82, 2.24) is 4.98 Å². The standard InChI is InChI=1S/C11H14N2O2S/c1-2-16(14,15)7-10-6-8-5-9(12)3-4-11(8)13-10/h3-6,13H,2,7,12H2,1H3. The molecule has 0 aliphatic heterocycles. The van der Waals surface area contributed by atoms with E-state index >= 15 is 0 Å². The first-order valence-corrected chi connectivity index (χ1v) is 6.90. The van der Waals surface area contributed by atoms with Crippen LogP contribution in [0.4, 0.5) is 5.69 Å². The Morgan fingerprint density at radius 1 is 1.31 bits per heavy atom. The molecular weight excluding hydrogens is 224 g/mol.